The van der Waals surface area contributed by atoms with Gasteiger partial charge < -0.3 is 0 Å². The molecule has 36 heavy (non-hydrogen) atoms. The van der Waals surface area contributed by atoms with Gasteiger partial charge in [-0.2, -0.15) is 26.3 Å². The van der Waals surface area contributed by atoms with Crippen LogP contribution in [0.25, 0.3) is 22.6 Å². The van der Waals surface area contributed by atoms with Crippen LogP contribution in [0, 0.1) is 20.8 Å². The lowest BCUT2D eigenvalue weighted by atomic mass is 10.1. The Labute approximate surface area is 204 Å². The second kappa shape index (κ2) is 9.42. The fourth-order valence-electron chi connectivity index (χ4n) is 4.86. The number of benzene rings is 1. The van der Waals surface area contributed by atoms with Crippen molar-refractivity contribution in [1.29, 1.82) is 0 Å². The smallest absolute Gasteiger partial charge is 0.297 e. The Kier molecular flexibility index (Phi) is 6.80. The highest BCUT2D eigenvalue weighted by Gasteiger charge is 2.40. The minimum atomic E-state index is -4.79. The Morgan fingerprint density at radius 1 is 0.972 bits per heavy atom. The largest absolute Gasteiger partial charge is 0.435 e. The van der Waals surface area contributed by atoms with Gasteiger partial charge in [-0.05, 0) is 57.0 Å². The van der Waals surface area contributed by atoms with E-state index in [0.29, 0.717) is 23.3 Å². The molecule has 0 bridgehead atoms. The van der Waals surface area contributed by atoms with E-state index in [9.17, 15) is 26.3 Å². The van der Waals surface area contributed by atoms with Gasteiger partial charge in [0.25, 0.3) is 0 Å². The molecule has 5 nitrogen and oxygen atoms in total. The summed E-state index contributed by atoms with van der Waals surface area (Å²) >= 11 is 0. The summed E-state index contributed by atoms with van der Waals surface area (Å²) in [5, 5.41) is 0. The highest BCUT2D eigenvalue weighted by Crippen LogP contribution is 2.37. The van der Waals surface area contributed by atoms with E-state index < -0.39 is 31.0 Å². The zero-order chi connectivity index (χ0) is 26.4. The summed E-state index contributed by atoms with van der Waals surface area (Å²) in [5.74, 6) is 0.0216. The number of halogens is 6. The molecule has 0 aliphatic rings. The topological polar surface area (TPSA) is 38.4 Å². The highest BCUT2D eigenvalue weighted by atomic mass is 19.4. The molecule has 0 atom stereocenters. The van der Waals surface area contributed by atoms with Crippen LogP contribution in [-0.2, 0) is 12.7 Å². The van der Waals surface area contributed by atoms with Gasteiger partial charge in [0.2, 0.25) is 5.78 Å². The van der Waals surface area contributed by atoms with E-state index in [2.05, 4.69) is 9.97 Å². The molecule has 1 aromatic carbocycles. The van der Waals surface area contributed by atoms with E-state index in [1.54, 1.807) is 29.8 Å². The highest BCUT2D eigenvalue weighted by molar-refractivity contribution is 5.81. The Morgan fingerprint density at radius 2 is 1.64 bits per heavy atom. The van der Waals surface area contributed by atoms with E-state index in [1.165, 1.54) is 9.30 Å². The molecule has 3 aromatic heterocycles. The van der Waals surface area contributed by atoms with E-state index >= 15 is 0 Å². The number of fused-ring (bicyclic) bond motifs is 3. The molecule has 0 spiro atoms. The van der Waals surface area contributed by atoms with Crippen molar-refractivity contribution in [1.82, 2.24) is 23.8 Å². The number of nitrogens with zero attached hydrogens (tertiary/aromatic N) is 5. The van der Waals surface area contributed by atoms with Crippen LogP contribution < -0.4 is 0 Å². The lowest BCUT2D eigenvalue weighted by Crippen LogP contribution is -2.30. The second-order valence-corrected chi connectivity index (χ2v) is 9.11. The molecule has 4 aromatic rings. The number of alkyl halides is 6. The minimum absolute atomic E-state index is 0.0216. The normalized spacial score (nSPS) is 13.0. The van der Waals surface area contributed by atoms with Crippen molar-refractivity contribution in [2.75, 3.05) is 13.1 Å². The average molecular weight is 512 g/mol. The standard InChI is InChI=1S/C25H27F6N5/c1-5-10-34(11-8-24(26,27)28)14-19-21(25(29,30)31)33-23-35(19)18-7-6-9-32-22(18)36(23)20-16(3)12-15(2)13-17(20)4/h6-7,9,12-13H,5,8,10-11,14H2,1-4H3. The molecule has 0 unspecified atom stereocenters. The van der Waals surface area contributed by atoms with Crippen LogP contribution in [0.3, 0.4) is 0 Å². The molecule has 0 fully saturated rings. The third-order valence-electron chi connectivity index (χ3n) is 6.13. The molecule has 0 N–H and O–H groups in total. The van der Waals surface area contributed by atoms with Crippen LogP contribution in [0.15, 0.2) is 30.5 Å². The van der Waals surface area contributed by atoms with Gasteiger partial charge in [-0.1, -0.05) is 24.6 Å². The third-order valence-corrected chi connectivity index (χ3v) is 6.13. The lowest BCUT2D eigenvalue weighted by Gasteiger charge is -2.23. The molecule has 194 valence electrons. The van der Waals surface area contributed by atoms with Crippen LogP contribution in [-0.4, -0.2) is 43.1 Å². The van der Waals surface area contributed by atoms with Gasteiger partial charge in [-0.15, -0.1) is 0 Å². The Morgan fingerprint density at radius 3 is 2.22 bits per heavy atom. The van der Waals surface area contributed by atoms with Gasteiger partial charge in [0, 0.05) is 19.3 Å². The van der Waals surface area contributed by atoms with Crippen LogP contribution in [0.5, 0.6) is 0 Å². The molecule has 0 saturated carbocycles. The van der Waals surface area contributed by atoms with Crippen LogP contribution >= 0.6 is 0 Å². The summed E-state index contributed by atoms with van der Waals surface area (Å²) in [6.07, 6.45) is -8.27. The molecule has 0 aliphatic heterocycles. The van der Waals surface area contributed by atoms with Gasteiger partial charge in [0.05, 0.1) is 23.3 Å². The lowest BCUT2D eigenvalue weighted by molar-refractivity contribution is -0.143. The molecule has 11 heteroatoms. The number of aryl methyl sites for hydroxylation is 3. The first kappa shape index (κ1) is 26.0. The third kappa shape index (κ3) is 4.93. The summed E-state index contributed by atoms with van der Waals surface area (Å²) in [6.45, 7) is 6.92. The predicted octanol–water partition coefficient (Wildman–Crippen LogP) is 6.78. The number of rotatable bonds is 7. The number of imidazole rings is 2. The zero-order valence-electron chi connectivity index (χ0n) is 20.4. The Balaban J connectivity index is 2.00. The Bertz CT molecular complexity index is 1370. The number of hydrogen-bond acceptors (Lipinski definition) is 3. The van der Waals surface area contributed by atoms with Crippen molar-refractivity contribution in [3.05, 3.63) is 58.5 Å². The van der Waals surface area contributed by atoms with E-state index in [1.807, 2.05) is 32.9 Å². The van der Waals surface area contributed by atoms with Crippen LogP contribution in [0.1, 0.15) is 47.8 Å². The molecular weight excluding hydrogens is 484 g/mol. The fraction of sp³-hybridized carbons (Fsp3) is 0.440. The first-order valence-corrected chi connectivity index (χ1v) is 11.6. The van der Waals surface area contributed by atoms with Gasteiger partial charge in [0.15, 0.2) is 11.3 Å². The van der Waals surface area contributed by atoms with Crippen molar-refractivity contribution < 1.29 is 26.3 Å². The van der Waals surface area contributed by atoms with Crippen molar-refractivity contribution in [2.45, 2.75) is 59.4 Å². The first-order valence-electron chi connectivity index (χ1n) is 11.6. The van der Waals surface area contributed by atoms with Crippen molar-refractivity contribution in [2.24, 2.45) is 0 Å². The van der Waals surface area contributed by atoms with E-state index in [4.69, 9.17) is 0 Å². The second-order valence-electron chi connectivity index (χ2n) is 9.11. The van der Waals surface area contributed by atoms with Gasteiger partial charge in [-0.25, -0.2) is 9.97 Å². The quantitative estimate of drug-likeness (QED) is 0.257. The average Bonchev–Trinajstić information content (AvgIpc) is 3.27. The molecule has 3 heterocycles. The predicted molar refractivity (Wildman–Crippen MR) is 125 cm³/mol. The van der Waals surface area contributed by atoms with Gasteiger partial charge in [0.1, 0.15) is 0 Å². The number of aromatic nitrogens is 4. The maximum absolute atomic E-state index is 14.2. The molecule has 0 saturated heterocycles. The maximum Gasteiger partial charge on any atom is 0.435 e. The molecule has 0 amide bonds. The molecule has 4 rings (SSSR count). The molecule has 0 radical (unpaired) electrons. The van der Waals surface area contributed by atoms with E-state index in [-0.39, 0.29) is 24.6 Å². The van der Waals surface area contributed by atoms with Gasteiger partial charge >= 0.3 is 12.4 Å². The summed E-state index contributed by atoms with van der Waals surface area (Å²) in [5.41, 5.74) is 2.88. The van der Waals surface area contributed by atoms with Crippen LogP contribution in [0.2, 0.25) is 0 Å². The number of hydrogen-bond donors (Lipinski definition) is 0. The zero-order valence-corrected chi connectivity index (χ0v) is 20.4. The first-order chi connectivity index (χ1) is 16.8. The Hall–Kier alpha value is -3.08. The summed E-state index contributed by atoms with van der Waals surface area (Å²) in [6, 6.07) is 7.13. The fourth-order valence-corrected chi connectivity index (χ4v) is 4.86. The molecular formula is C25H27F6N5. The van der Waals surface area contributed by atoms with Crippen molar-refractivity contribution in [3.63, 3.8) is 0 Å². The SMILES string of the molecule is CCCN(CCC(F)(F)F)Cc1c(C(F)(F)F)nc2n(-c3c(C)cc(C)cc3C)c3ncccc3n12. The number of pyridine rings is 1. The molecule has 0 aliphatic carbocycles. The summed E-state index contributed by atoms with van der Waals surface area (Å²) in [7, 11) is 0. The van der Waals surface area contributed by atoms with E-state index in [0.717, 1.165) is 16.7 Å². The van der Waals surface area contributed by atoms with Gasteiger partial charge in [-0.3, -0.25) is 13.9 Å². The minimum Gasteiger partial charge on any atom is -0.297 e. The summed E-state index contributed by atoms with van der Waals surface area (Å²) < 4.78 is 84.4. The maximum atomic E-state index is 14.2. The van der Waals surface area contributed by atoms with Crippen molar-refractivity contribution >= 4 is 16.9 Å². The van der Waals surface area contributed by atoms with Crippen molar-refractivity contribution in [3.8, 4) is 5.69 Å². The monoisotopic (exact) mass is 511 g/mol. The summed E-state index contributed by atoms with van der Waals surface area (Å²) in [4.78, 5) is 9.88. The van der Waals surface area contributed by atoms with Crippen LogP contribution in [0.4, 0.5) is 26.3 Å².